The van der Waals surface area contributed by atoms with Crippen LogP contribution >= 0.6 is 0 Å². The summed E-state index contributed by atoms with van der Waals surface area (Å²) >= 11 is 0. The molecule has 2 aliphatic rings. The number of phenolic OH excluding ortho intramolecular Hbond substituents is 1. The molecule has 108 valence electrons. The van der Waals surface area contributed by atoms with Gasteiger partial charge in [-0.05, 0) is 19.1 Å². The second kappa shape index (κ2) is 4.12. The number of carbonyl (C=O) groups is 2. The molecule has 1 aromatic carbocycles. The van der Waals surface area contributed by atoms with Crippen LogP contribution in [0.15, 0.2) is 30.0 Å². The van der Waals surface area contributed by atoms with E-state index >= 15 is 0 Å². The van der Waals surface area contributed by atoms with E-state index in [0.717, 1.165) is 0 Å². The Morgan fingerprint density at radius 2 is 1.95 bits per heavy atom. The van der Waals surface area contributed by atoms with Gasteiger partial charge >= 0.3 is 5.97 Å². The first-order valence-electron chi connectivity index (χ1n) is 6.19. The lowest BCUT2D eigenvalue weighted by Gasteiger charge is -2.36. The highest BCUT2D eigenvalue weighted by Crippen LogP contribution is 2.45. The number of rotatable bonds is 1. The van der Waals surface area contributed by atoms with Crippen LogP contribution in [0.4, 0.5) is 0 Å². The fourth-order valence-corrected chi connectivity index (χ4v) is 2.58. The molecule has 1 heterocycles. The second-order valence-electron chi connectivity index (χ2n) is 5.02. The monoisotopic (exact) mass is 288 g/mol. The van der Waals surface area contributed by atoms with Crippen molar-refractivity contribution in [2.75, 3.05) is 7.11 Å². The first kappa shape index (κ1) is 13.2. The first-order valence-corrected chi connectivity index (χ1v) is 6.19. The molecule has 6 heteroatoms. The fourth-order valence-electron chi connectivity index (χ4n) is 2.58. The topological polar surface area (TPSA) is 93.1 Å². The van der Waals surface area contributed by atoms with Gasteiger partial charge < -0.3 is 19.7 Å². The van der Waals surface area contributed by atoms with Crippen molar-refractivity contribution in [2.45, 2.75) is 12.5 Å². The molecular weight excluding hydrogens is 276 g/mol. The lowest BCUT2D eigenvalue weighted by molar-refractivity contribution is -0.114. The number of ether oxygens (including phenoxy) is 2. The lowest BCUT2D eigenvalue weighted by atomic mass is 9.80. The highest BCUT2D eigenvalue weighted by Gasteiger charge is 2.44. The normalized spacial score (nSPS) is 23.5. The van der Waals surface area contributed by atoms with Gasteiger partial charge in [0, 0.05) is 23.3 Å². The van der Waals surface area contributed by atoms with Crippen LogP contribution in [-0.4, -0.2) is 34.7 Å². The number of hydrogen-bond donors (Lipinski definition) is 2. The predicted molar refractivity (Wildman–Crippen MR) is 72.2 cm³/mol. The van der Waals surface area contributed by atoms with Crippen molar-refractivity contribution in [3.8, 4) is 11.5 Å². The number of aromatic hydroxyl groups is 1. The molecule has 2 N–H and O–H groups in total. The van der Waals surface area contributed by atoms with Crippen LogP contribution in [0.25, 0.3) is 5.57 Å². The van der Waals surface area contributed by atoms with Gasteiger partial charge in [0.25, 0.3) is 0 Å². The minimum absolute atomic E-state index is 0.0258. The Bertz CT molecular complexity index is 743. The van der Waals surface area contributed by atoms with Crippen molar-refractivity contribution in [1.82, 2.24) is 0 Å². The number of benzene rings is 1. The van der Waals surface area contributed by atoms with Gasteiger partial charge in [-0.3, -0.25) is 4.79 Å². The summed E-state index contributed by atoms with van der Waals surface area (Å²) in [6.07, 6.45) is 2.38. The molecule has 3 rings (SSSR count). The molecule has 1 aromatic rings. The van der Waals surface area contributed by atoms with E-state index in [1.807, 2.05) is 0 Å². The summed E-state index contributed by atoms with van der Waals surface area (Å²) in [5.41, 5.74) is -0.556. The molecule has 1 atom stereocenters. The molecule has 1 aliphatic heterocycles. The number of aliphatic hydroxyl groups is 1. The van der Waals surface area contributed by atoms with Gasteiger partial charge in [0.05, 0.1) is 7.11 Å². The molecule has 0 fully saturated rings. The summed E-state index contributed by atoms with van der Waals surface area (Å²) in [7, 11) is 1.42. The van der Waals surface area contributed by atoms with Crippen molar-refractivity contribution in [3.63, 3.8) is 0 Å². The number of methoxy groups -OCH3 is 1. The SMILES string of the molecule is COc1cc(O)c2c(c1)C1=CC(=O)C(O)=CC1(C)OC2=O. The van der Waals surface area contributed by atoms with Gasteiger partial charge in [0.15, 0.2) is 11.4 Å². The molecule has 0 saturated heterocycles. The lowest BCUT2D eigenvalue weighted by Crippen LogP contribution is -2.39. The molecule has 1 aliphatic carbocycles. The minimum atomic E-state index is -1.26. The van der Waals surface area contributed by atoms with Crippen molar-refractivity contribution in [1.29, 1.82) is 0 Å². The van der Waals surface area contributed by atoms with Gasteiger partial charge in [-0.1, -0.05) is 0 Å². The van der Waals surface area contributed by atoms with E-state index in [4.69, 9.17) is 9.47 Å². The maximum absolute atomic E-state index is 12.1. The van der Waals surface area contributed by atoms with Crippen LogP contribution in [0, 0.1) is 0 Å². The number of aliphatic hydroxyl groups excluding tert-OH is 1. The zero-order valence-electron chi connectivity index (χ0n) is 11.3. The number of hydrogen-bond acceptors (Lipinski definition) is 6. The molecule has 0 bridgehead atoms. The van der Waals surface area contributed by atoms with Gasteiger partial charge in [-0.2, -0.15) is 0 Å². The van der Waals surface area contributed by atoms with Crippen molar-refractivity contribution < 1.29 is 29.3 Å². The average molecular weight is 288 g/mol. The van der Waals surface area contributed by atoms with Crippen molar-refractivity contribution in [2.24, 2.45) is 0 Å². The van der Waals surface area contributed by atoms with E-state index in [-0.39, 0.29) is 11.3 Å². The zero-order chi connectivity index (χ0) is 15.4. The molecule has 0 radical (unpaired) electrons. The third kappa shape index (κ3) is 1.79. The summed E-state index contributed by atoms with van der Waals surface area (Å²) < 4.78 is 10.3. The Morgan fingerprint density at radius 3 is 2.62 bits per heavy atom. The number of esters is 1. The third-order valence-corrected chi connectivity index (χ3v) is 3.60. The second-order valence-corrected chi connectivity index (χ2v) is 5.02. The molecule has 0 spiro atoms. The largest absolute Gasteiger partial charge is 0.507 e. The highest BCUT2D eigenvalue weighted by molar-refractivity contribution is 6.14. The number of ketones is 1. The van der Waals surface area contributed by atoms with Gasteiger partial charge in [0.2, 0.25) is 5.78 Å². The molecular formula is C15H12O6. The standard InChI is InChI=1S/C15H12O6/c1-15-6-12(18)10(16)5-9(15)8-3-7(20-2)4-11(17)13(8)14(19)21-15/h3-6,17-18H,1-2H3. The summed E-state index contributed by atoms with van der Waals surface area (Å²) in [6.45, 7) is 1.55. The predicted octanol–water partition coefficient (Wildman–Crippen LogP) is 1.74. The van der Waals surface area contributed by atoms with E-state index < -0.39 is 23.1 Å². The van der Waals surface area contributed by atoms with Crippen LogP contribution in [0.5, 0.6) is 11.5 Å². The Morgan fingerprint density at radius 1 is 1.24 bits per heavy atom. The number of carbonyl (C=O) groups excluding carboxylic acids is 2. The Balaban J connectivity index is 2.31. The minimum Gasteiger partial charge on any atom is -0.507 e. The summed E-state index contributed by atoms with van der Waals surface area (Å²) in [5, 5.41) is 19.5. The fraction of sp³-hybridized carbons (Fsp3) is 0.200. The van der Waals surface area contributed by atoms with E-state index in [2.05, 4.69) is 0 Å². The van der Waals surface area contributed by atoms with Crippen molar-refractivity contribution in [3.05, 3.63) is 41.2 Å². The Hall–Kier alpha value is -2.76. The maximum atomic E-state index is 12.1. The van der Waals surface area contributed by atoms with Gasteiger partial charge in [-0.15, -0.1) is 0 Å². The Labute approximate surface area is 119 Å². The molecule has 1 unspecified atom stereocenters. The van der Waals surface area contributed by atoms with Crippen LogP contribution in [0.2, 0.25) is 0 Å². The van der Waals surface area contributed by atoms with Crippen LogP contribution in [0.3, 0.4) is 0 Å². The summed E-state index contributed by atoms with van der Waals surface area (Å²) in [5.74, 6) is -1.75. The molecule has 0 saturated carbocycles. The van der Waals surface area contributed by atoms with Crippen LogP contribution in [-0.2, 0) is 9.53 Å². The third-order valence-electron chi connectivity index (χ3n) is 3.60. The smallest absolute Gasteiger partial charge is 0.343 e. The van der Waals surface area contributed by atoms with Gasteiger partial charge in [-0.25, -0.2) is 4.79 Å². The molecule has 21 heavy (non-hydrogen) atoms. The van der Waals surface area contributed by atoms with E-state index in [1.165, 1.54) is 25.3 Å². The van der Waals surface area contributed by atoms with E-state index in [0.29, 0.717) is 16.9 Å². The van der Waals surface area contributed by atoms with Crippen molar-refractivity contribution >= 4 is 17.3 Å². The first-order chi connectivity index (χ1) is 9.85. The quantitative estimate of drug-likeness (QED) is 0.764. The summed E-state index contributed by atoms with van der Waals surface area (Å²) in [6, 6.07) is 2.84. The average Bonchev–Trinajstić information content (AvgIpc) is 2.40. The van der Waals surface area contributed by atoms with Crippen LogP contribution in [0.1, 0.15) is 22.8 Å². The maximum Gasteiger partial charge on any atom is 0.343 e. The number of allylic oxidation sites excluding steroid dienone is 1. The zero-order valence-corrected chi connectivity index (χ0v) is 11.3. The Kier molecular flexibility index (Phi) is 2.59. The number of phenols is 1. The number of fused-ring (bicyclic) bond motifs is 3. The molecule has 0 aromatic heterocycles. The molecule has 6 nitrogen and oxygen atoms in total. The van der Waals surface area contributed by atoms with E-state index in [1.54, 1.807) is 13.0 Å². The van der Waals surface area contributed by atoms with Crippen LogP contribution < -0.4 is 4.74 Å². The van der Waals surface area contributed by atoms with Gasteiger partial charge in [0.1, 0.15) is 17.1 Å². The molecule has 0 amide bonds. The highest BCUT2D eigenvalue weighted by atomic mass is 16.6. The summed E-state index contributed by atoms with van der Waals surface area (Å²) in [4.78, 5) is 23.8. The van der Waals surface area contributed by atoms with E-state index in [9.17, 15) is 19.8 Å².